The van der Waals surface area contributed by atoms with E-state index in [9.17, 15) is 0 Å². The molecule has 0 radical (unpaired) electrons. The molecule has 0 spiro atoms. The summed E-state index contributed by atoms with van der Waals surface area (Å²) < 4.78 is 0. The highest BCUT2D eigenvalue weighted by Crippen LogP contribution is 2.57. The zero-order valence-corrected chi connectivity index (χ0v) is 20.4. The number of benzene rings is 9. The Kier molecular flexibility index (Phi) is 2.79. The molecular formula is C38H18. The molecule has 170 valence electrons. The Morgan fingerprint density at radius 1 is 0.184 bits per heavy atom. The van der Waals surface area contributed by atoms with Gasteiger partial charge in [0.15, 0.2) is 0 Å². The molecule has 0 aliphatic carbocycles. The van der Waals surface area contributed by atoms with E-state index in [1.54, 1.807) is 0 Å². The van der Waals surface area contributed by atoms with E-state index in [1.165, 1.54) is 108 Å². The van der Waals surface area contributed by atoms with Crippen molar-refractivity contribution < 1.29 is 0 Å². The molecule has 0 unspecified atom stereocenters. The first-order chi connectivity index (χ1) is 18.9. The summed E-state index contributed by atoms with van der Waals surface area (Å²) in [7, 11) is 0. The molecule has 0 N–H and O–H groups in total. The average Bonchev–Trinajstić information content (AvgIpc) is 3.51. The number of fused-ring (bicyclic) bond motifs is 10. The quantitative estimate of drug-likeness (QED) is 0.151. The minimum absolute atomic E-state index is 1.34. The van der Waals surface area contributed by atoms with Crippen LogP contribution in [0.1, 0.15) is 0 Å². The molecule has 0 aliphatic rings. The molecule has 0 aromatic heterocycles. The fourth-order valence-electron chi connectivity index (χ4n) is 8.34. The van der Waals surface area contributed by atoms with Crippen LogP contribution in [0.3, 0.4) is 0 Å². The summed E-state index contributed by atoms with van der Waals surface area (Å²) in [5.41, 5.74) is 0. The van der Waals surface area contributed by atoms with Gasteiger partial charge >= 0.3 is 0 Å². The molecular weight excluding hydrogens is 456 g/mol. The van der Waals surface area contributed by atoms with Crippen LogP contribution in [0.2, 0.25) is 0 Å². The largest absolute Gasteiger partial charge is 0.0616 e. The van der Waals surface area contributed by atoms with Gasteiger partial charge in [-0.05, 0) is 108 Å². The van der Waals surface area contributed by atoms with Crippen LogP contribution >= 0.6 is 0 Å². The van der Waals surface area contributed by atoms with Crippen molar-refractivity contribution in [2.24, 2.45) is 0 Å². The molecule has 0 amide bonds. The third-order valence-corrected chi connectivity index (χ3v) is 9.60. The van der Waals surface area contributed by atoms with Crippen LogP contribution < -0.4 is 0 Å². The van der Waals surface area contributed by atoms with E-state index >= 15 is 0 Å². The Balaban J connectivity index is 1.71. The van der Waals surface area contributed by atoms with E-state index in [0.717, 1.165) is 0 Å². The Hall–Kier alpha value is -4.94. The summed E-state index contributed by atoms with van der Waals surface area (Å²) in [4.78, 5) is 0. The molecule has 0 bridgehead atoms. The molecule has 38 heavy (non-hydrogen) atoms. The first-order valence-corrected chi connectivity index (χ1v) is 13.5. The van der Waals surface area contributed by atoms with E-state index in [0.29, 0.717) is 0 Å². The monoisotopic (exact) mass is 474 g/mol. The van der Waals surface area contributed by atoms with E-state index in [1.807, 2.05) is 0 Å². The lowest BCUT2D eigenvalue weighted by molar-refractivity contribution is 1.83. The van der Waals surface area contributed by atoms with Crippen LogP contribution in [0.4, 0.5) is 0 Å². The second-order valence-electron chi connectivity index (χ2n) is 11.1. The molecule has 0 nitrogen and oxygen atoms in total. The number of hydrogen-bond donors (Lipinski definition) is 0. The van der Waals surface area contributed by atoms with Crippen molar-refractivity contribution in [3.63, 3.8) is 0 Å². The molecule has 0 saturated heterocycles. The lowest BCUT2D eigenvalue weighted by Crippen LogP contribution is -1.86. The van der Waals surface area contributed by atoms with E-state index in [-0.39, 0.29) is 0 Å². The van der Waals surface area contributed by atoms with Gasteiger partial charge in [0.05, 0.1) is 0 Å². The summed E-state index contributed by atoms with van der Waals surface area (Å²) in [5.74, 6) is 0. The maximum absolute atomic E-state index is 2.37. The van der Waals surface area contributed by atoms with Gasteiger partial charge in [0.25, 0.3) is 0 Å². The van der Waals surface area contributed by atoms with Crippen molar-refractivity contribution in [2.75, 3.05) is 0 Å². The zero-order chi connectivity index (χ0) is 24.3. The van der Waals surface area contributed by atoms with Crippen molar-refractivity contribution in [1.82, 2.24) is 0 Å². The Morgan fingerprint density at radius 3 is 1.00 bits per heavy atom. The van der Waals surface area contributed by atoms with Crippen molar-refractivity contribution >= 4 is 108 Å². The molecule has 0 aliphatic heterocycles. The third kappa shape index (κ3) is 1.74. The summed E-state index contributed by atoms with van der Waals surface area (Å²) in [6.07, 6.45) is 0. The summed E-state index contributed by atoms with van der Waals surface area (Å²) in [6, 6.07) is 41.3. The predicted molar refractivity (Wildman–Crippen MR) is 166 cm³/mol. The molecule has 0 saturated carbocycles. The van der Waals surface area contributed by atoms with Gasteiger partial charge in [-0.2, -0.15) is 0 Å². The van der Waals surface area contributed by atoms with Gasteiger partial charge in [0.1, 0.15) is 0 Å². The van der Waals surface area contributed by atoms with Gasteiger partial charge in [-0.1, -0.05) is 109 Å². The van der Waals surface area contributed by atoms with Gasteiger partial charge < -0.3 is 0 Å². The summed E-state index contributed by atoms with van der Waals surface area (Å²) >= 11 is 0. The standard InChI is InChI=1S/C38H18/c1-3-11-23-21(9-1)25-17-15-19-7-5-13-27-29(19)31(25)37-33(23)35-28-14-6-8-20-16-18-26-22-10-2-4-12-24(22)34(36(27)37)38(35)32(26)30(20)28/h1-18H. The summed E-state index contributed by atoms with van der Waals surface area (Å²) in [5, 5.41) is 28.0. The molecule has 0 atom stereocenters. The second kappa shape index (κ2) is 5.79. The SMILES string of the molecule is c1ccc2c(c1)c1ccc3cccc4c3c1c1c2c2c3cccc5ccc6c7ccccc7c(c41)c2c6c53. The Bertz CT molecular complexity index is 2550. The van der Waals surface area contributed by atoms with Crippen LogP contribution in [0.25, 0.3) is 108 Å². The normalized spacial score (nSPS) is 13.3. The molecule has 0 fully saturated rings. The van der Waals surface area contributed by atoms with Gasteiger partial charge in [-0.3, -0.25) is 0 Å². The van der Waals surface area contributed by atoms with E-state index in [4.69, 9.17) is 0 Å². The molecule has 0 heteroatoms. The maximum Gasteiger partial charge on any atom is -0.0000706 e. The lowest BCUT2D eigenvalue weighted by Gasteiger charge is -2.15. The highest BCUT2D eigenvalue weighted by molar-refractivity contribution is 6.58. The first kappa shape index (κ1) is 18.3. The predicted octanol–water partition coefficient (Wildman–Crippen LogP) is 11.0. The van der Waals surface area contributed by atoms with Crippen molar-refractivity contribution in [3.8, 4) is 0 Å². The molecule has 11 rings (SSSR count). The average molecular weight is 475 g/mol. The van der Waals surface area contributed by atoms with Crippen molar-refractivity contribution in [2.45, 2.75) is 0 Å². The topological polar surface area (TPSA) is 0 Å². The van der Waals surface area contributed by atoms with Gasteiger partial charge in [0, 0.05) is 0 Å². The molecule has 11 aromatic rings. The van der Waals surface area contributed by atoms with Gasteiger partial charge in [0.2, 0.25) is 0 Å². The maximum atomic E-state index is 2.37. The Labute approximate surface area is 216 Å². The van der Waals surface area contributed by atoms with Gasteiger partial charge in [-0.25, -0.2) is 0 Å². The van der Waals surface area contributed by atoms with Crippen LogP contribution in [0, 0.1) is 0 Å². The molecule has 0 heterocycles. The van der Waals surface area contributed by atoms with Crippen LogP contribution in [0.5, 0.6) is 0 Å². The van der Waals surface area contributed by atoms with E-state index < -0.39 is 0 Å². The van der Waals surface area contributed by atoms with Crippen molar-refractivity contribution in [3.05, 3.63) is 109 Å². The fourth-order valence-corrected chi connectivity index (χ4v) is 8.34. The smallest absolute Gasteiger partial charge is 0.0000706 e. The summed E-state index contributed by atoms with van der Waals surface area (Å²) in [6.45, 7) is 0. The highest BCUT2D eigenvalue weighted by Gasteiger charge is 2.28. The Morgan fingerprint density at radius 2 is 0.526 bits per heavy atom. The zero-order valence-electron chi connectivity index (χ0n) is 20.4. The van der Waals surface area contributed by atoms with Gasteiger partial charge in [-0.15, -0.1) is 0 Å². The lowest BCUT2D eigenvalue weighted by atomic mass is 9.87. The molecule has 11 aromatic carbocycles. The van der Waals surface area contributed by atoms with Crippen LogP contribution in [-0.4, -0.2) is 0 Å². The third-order valence-electron chi connectivity index (χ3n) is 9.60. The van der Waals surface area contributed by atoms with E-state index in [2.05, 4.69) is 109 Å². The first-order valence-electron chi connectivity index (χ1n) is 13.5. The van der Waals surface area contributed by atoms with Crippen LogP contribution in [0.15, 0.2) is 109 Å². The van der Waals surface area contributed by atoms with Crippen molar-refractivity contribution in [1.29, 1.82) is 0 Å². The second-order valence-corrected chi connectivity index (χ2v) is 11.1. The number of rotatable bonds is 0. The minimum Gasteiger partial charge on any atom is -0.0616 e. The minimum atomic E-state index is 1.34. The van der Waals surface area contributed by atoms with Crippen LogP contribution in [-0.2, 0) is 0 Å². The fraction of sp³-hybridized carbons (Fsp3) is 0. The number of hydrogen-bond acceptors (Lipinski definition) is 0. The highest BCUT2D eigenvalue weighted by atomic mass is 14.3.